The molecule has 0 saturated carbocycles. The number of rotatable bonds is 6. The number of methoxy groups -OCH3 is 2. The summed E-state index contributed by atoms with van der Waals surface area (Å²) in [4.78, 5) is 15.9. The molecule has 0 bridgehead atoms. The summed E-state index contributed by atoms with van der Waals surface area (Å²) in [5.41, 5.74) is 2.04. The summed E-state index contributed by atoms with van der Waals surface area (Å²) in [6, 6.07) is 13.2. The van der Waals surface area contributed by atoms with Gasteiger partial charge in [0.1, 0.15) is 12.4 Å². The van der Waals surface area contributed by atoms with Gasteiger partial charge in [-0.15, -0.1) is 5.10 Å². The number of aromatic nitrogens is 3. The molecule has 8 heteroatoms. The Morgan fingerprint density at radius 3 is 2.42 bits per heavy atom. The Hall–Kier alpha value is -3.26. The molecule has 2 aromatic carbocycles. The molecule has 1 N–H and O–H groups in total. The number of nitrogens with zero attached hydrogens (tertiary/aromatic N) is 3. The van der Waals surface area contributed by atoms with Gasteiger partial charge in [-0.2, -0.15) is 4.98 Å². The minimum Gasteiger partial charge on any atom is -0.466 e. The second-order valence-electron chi connectivity index (χ2n) is 5.37. The van der Waals surface area contributed by atoms with Gasteiger partial charge in [0.25, 0.3) is 0 Å². The van der Waals surface area contributed by atoms with Crippen LogP contribution in [0, 0.1) is 5.82 Å². The van der Waals surface area contributed by atoms with Gasteiger partial charge in [-0.1, -0.05) is 0 Å². The van der Waals surface area contributed by atoms with Crippen LogP contribution in [0.2, 0.25) is 0 Å². The minimum atomic E-state index is -0.331. The molecule has 1 amide bonds. The van der Waals surface area contributed by atoms with Crippen LogP contribution in [0.25, 0.3) is 17.1 Å². The van der Waals surface area contributed by atoms with Crippen LogP contribution >= 0.6 is 0 Å². The molecule has 3 aromatic rings. The third kappa shape index (κ3) is 3.86. The Morgan fingerprint density at radius 1 is 1.12 bits per heavy atom. The number of anilines is 1. The normalized spacial score (nSPS) is 10.6. The number of carbonyl (C=O) groups is 1. The molecule has 0 aliphatic carbocycles. The number of halogens is 1. The van der Waals surface area contributed by atoms with Gasteiger partial charge in [-0.25, -0.2) is 9.07 Å². The fourth-order valence-corrected chi connectivity index (χ4v) is 2.36. The molecule has 7 nitrogen and oxygen atoms in total. The standard InChI is InChI=1S/C18H17FN4O3/c1-25-11-16(24)20-14-7-9-15(10-8-14)23-17(21-18(22-23)26-2)12-3-5-13(19)6-4-12/h3-10H,11H2,1-2H3,(H,20,24). The first-order valence-electron chi connectivity index (χ1n) is 7.77. The minimum absolute atomic E-state index is 0.0171. The van der Waals surface area contributed by atoms with Crippen LogP contribution in [-0.4, -0.2) is 41.5 Å². The molecular formula is C18H17FN4O3. The summed E-state index contributed by atoms with van der Waals surface area (Å²) in [6.45, 7) is -0.0171. The van der Waals surface area contributed by atoms with Crippen LogP contribution in [-0.2, 0) is 9.53 Å². The first-order chi connectivity index (χ1) is 12.6. The van der Waals surface area contributed by atoms with Crippen LogP contribution in [0.3, 0.4) is 0 Å². The van der Waals surface area contributed by atoms with Crippen molar-refractivity contribution in [3.8, 4) is 23.1 Å². The highest BCUT2D eigenvalue weighted by Gasteiger charge is 2.14. The molecule has 0 fully saturated rings. The van der Waals surface area contributed by atoms with Gasteiger partial charge in [0.05, 0.1) is 12.8 Å². The highest BCUT2D eigenvalue weighted by molar-refractivity contribution is 5.91. The third-order valence-corrected chi connectivity index (χ3v) is 3.54. The summed E-state index contributed by atoms with van der Waals surface area (Å²) in [5.74, 6) is -0.0596. The van der Waals surface area contributed by atoms with Crippen molar-refractivity contribution in [2.24, 2.45) is 0 Å². The van der Waals surface area contributed by atoms with Crippen LogP contribution in [0.5, 0.6) is 6.01 Å². The zero-order valence-corrected chi connectivity index (χ0v) is 14.3. The number of hydrogen-bond donors (Lipinski definition) is 1. The molecule has 0 radical (unpaired) electrons. The smallest absolute Gasteiger partial charge is 0.336 e. The van der Waals surface area contributed by atoms with E-state index in [-0.39, 0.29) is 24.3 Å². The van der Waals surface area contributed by atoms with Crippen molar-refractivity contribution >= 4 is 11.6 Å². The van der Waals surface area contributed by atoms with Crippen LogP contribution in [0.4, 0.5) is 10.1 Å². The molecule has 1 aromatic heterocycles. The lowest BCUT2D eigenvalue weighted by molar-refractivity contribution is -0.119. The Labute approximate surface area is 149 Å². The van der Waals surface area contributed by atoms with E-state index in [9.17, 15) is 9.18 Å². The van der Waals surface area contributed by atoms with E-state index in [4.69, 9.17) is 9.47 Å². The number of benzene rings is 2. The molecule has 0 spiro atoms. The molecular weight excluding hydrogens is 339 g/mol. The molecule has 0 unspecified atom stereocenters. The van der Waals surface area contributed by atoms with Crippen LogP contribution in [0.15, 0.2) is 48.5 Å². The van der Waals surface area contributed by atoms with Gasteiger partial charge in [0.2, 0.25) is 5.91 Å². The number of hydrogen-bond acceptors (Lipinski definition) is 5. The van der Waals surface area contributed by atoms with Crippen molar-refractivity contribution in [2.45, 2.75) is 0 Å². The van der Waals surface area contributed by atoms with E-state index in [1.807, 2.05) is 0 Å². The first kappa shape index (κ1) is 17.6. The van der Waals surface area contributed by atoms with Gasteiger partial charge in [-0.3, -0.25) is 4.79 Å². The van der Waals surface area contributed by atoms with Gasteiger partial charge in [-0.05, 0) is 48.5 Å². The van der Waals surface area contributed by atoms with E-state index in [0.29, 0.717) is 22.8 Å². The summed E-state index contributed by atoms with van der Waals surface area (Å²) < 4.78 is 24.7. The molecule has 134 valence electrons. The van der Waals surface area contributed by atoms with E-state index in [2.05, 4.69) is 15.4 Å². The molecule has 3 rings (SSSR count). The van der Waals surface area contributed by atoms with Crippen molar-refractivity contribution in [2.75, 3.05) is 26.1 Å². The Bertz CT molecular complexity index is 892. The number of nitrogens with one attached hydrogen (secondary N) is 1. The van der Waals surface area contributed by atoms with Crippen molar-refractivity contribution in [1.29, 1.82) is 0 Å². The maximum absolute atomic E-state index is 13.2. The fourth-order valence-electron chi connectivity index (χ4n) is 2.36. The van der Waals surface area contributed by atoms with Crippen LogP contribution < -0.4 is 10.1 Å². The number of amides is 1. The lowest BCUT2D eigenvalue weighted by Gasteiger charge is -2.08. The summed E-state index contributed by atoms with van der Waals surface area (Å²) >= 11 is 0. The third-order valence-electron chi connectivity index (χ3n) is 3.54. The first-order valence-corrected chi connectivity index (χ1v) is 7.77. The topological polar surface area (TPSA) is 78.3 Å². The monoisotopic (exact) mass is 356 g/mol. The summed E-state index contributed by atoms with van der Waals surface area (Å²) in [6.07, 6.45) is 0. The molecule has 0 aliphatic heterocycles. The van der Waals surface area contributed by atoms with Crippen molar-refractivity contribution < 1.29 is 18.7 Å². The largest absolute Gasteiger partial charge is 0.466 e. The second-order valence-corrected chi connectivity index (χ2v) is 5.37. The predicted molar refractivity (Wildman–Crippen MR) is 93.8 cm³/mol. The van der Waals surface area contributed by atoms with Gasteiger partial charge in [0.15, 0.2) is 5.82 Å². The summed E-state index contributed by atoms with van der Waals surface area (Å²) in [5, 5.41) is 7.01. The van der Waals surface area contributed by atoms with Crippen LogP contribution in [0.1, 0.15) is 0 Å². The Kier molecular flexibility index (Phi) is 5.23. The number of carbonyl (C=O) groups excluding carboxylic acids is 1. The van der Waals surface area contributed by atoms with E-state index < -0.39 is 0 Å². The summed E-state index contributed by atoms with van der Waals surface area (Å²) in [7, 11) is 2.93. The lowest BCUT2D eigenvalue weighted by Crippen LogP contribution is -2.17. The van der Waals surface area contributed by atoms with E-state index >= 15 is 0 Å². The Morgan fingerprint density at radius 2 is 1.81 bits per heavy atom. The fraction of sp³-hybridized carbons (Fsp3) is 0.167. The van der Waals surface area contributed by atoms with Crippen molar-refractivity contribution in [3.63, 3.8) is 0 Å². The maximum Gasteiger partial charge on any atom is 0.336 e. The quantitative estimate of drug-likeness (QED) is 0.735. The highest BCUT2D eigenvalue weighted by atomic mass is 19.1. The predicted octanol–water partition coefficient (Wildman–Crippen LogP) is 2.67. The van der Waals surface area contributed by atoms with Crippen molar-refractivity contribution in [3.05, 3.63) is 54.3 Å². The van der Waals surface area contributed by atoms with Gasteiger partial charge < -0.3 is 14.8 Å². The average Bonchev–Trinajstić information content (AvgIpc) is 3.07. The van der Waals surface area contributed by atoms with E-state index in [1.165, 1.54) is 26.4 Å². The lowest BCUT2D eigenvalue weighted by atomic mass is 10.2. The Balaban J connectivity index is 1.92. The van der Waals surface area contributed by atoms with E-state index in [1.54, 1.807) is 41.1 Å². The number of ether oxygens (including phenoxy) is 2. The van der Waals surface area contributed by atoms with Gasteiger partial charge in [0, 0.05) is 18.4 Å². The average molecular weight is 356 g/mol. The molecule has 0 atom stereocenters. The molecule has 0 saturated heterocycles. The molecule has 1 heterocycles. The zero-order valence-electron chi connectivity index (χ0n) is 14.3. The highest BCUT2D eigenvalue weighted by Crippen LogP contribution is 2.24. The van der Waals surface area contributed by atoms with E-state index in [0.717, 1.165) is 0 Å². The molecule has 26 heavy (non-hydrogen) atoms. The molecule has 0 aliphatic rings. The maximum atomic E-state index is 13.2. The second kappa shape index (κ2) is 7.75. The van der Waals surface area contributed by atoms with Gasteiger partial charge >= 0.3 is 6.01 Å². The van der Waals surface area contributed by atoms with Crippen molar-refractivity contribution in [1.82, 2.24) is 14.8 Å². The zero-order chi connectivity index (χ0) is 18.5. The SMILES string of the molecule is COCC(=O)Nc1ccc(-n2nc(OC)nc2-c2ccc(F)cc2)cc1.